The molecule has 0 saturated heterocycles. The van der Waals surface area contributed by atoms with Crippen molar-refractivity contribution in [1.82, 2.24) is 0 Å². The van der Waals surface area contributed by atoms with Crippen LogP contribution < -0.4 is 9.64 Å². The highest BCUT2D eigenvalue weighted by Crippen LogP contribution is 2.34. The molecule has 6 heteroatoms. The van der Waals surface area contributed by atoms with Gasteiger partial charge >= 0.3 is 6.61 Å². The lowest BCUT2D eigenvalue weighted by atomic mass is 9.91. The summed E-state index contributed by atoms with van der Waals surface area (Å²) in [5, 5.41) is 0. The lowest BCUT2D eigenvalue weighted by Gasteiger charge is -2.29. The highest BCUT2D eigenvalue weighted by molar-refractivity contribution is 6.43. The summed E-state index contributed by atoms with van der Waals surface area (Å²) in [7, 11) is 0. The van der Waals surface area contributed by atoms with E-state index < -0.39 is 12.5 Å². The SMILES string of the molecule is Cc1ccccc1N1C(=O)/C(=C\c2ccc(OC(F)F)cc2)c2ccccc2C1=O. The molecule has 4 rings (SSSR count). The fourth-order valence-corrected chi connectivity index (χ4v) is 3.44. The lowest BCUT2D eigenvalue weighted by molar-refractivity contribution is -0.112. The van der Waals surface area contributed by atoms with Crippen molar-refractivity contribution in [3.8, 4) is 5.75 Å². The summed E-state index contributed by atoms with van der Waals surface area (Å²) in [5.74, 6) is -0.803. The Labute approximate surface area is 172 Å². The maximum absolute atomic E-state index is 13.4. The topological polar surface area (TPSA) is 46.6 Å². The van der Waals surface area contributed by atoms with Gasteiger partial charge in [0.15, 0.2) is 0 Å². The van der Waals surface area contributed by atoms with Crippen LogP contribution in [0.3, 0.4) is 0 Å². The van der Waals surface area contributed by atoms with E-state index >= 15 is 0 Å². The predicted octanol–water partition coefficient (Wildman–Crippen LogP) is 5.32. The number of alkyl halides is 2. The molecule has 3 aromatic rings. The molecule has 30 heavy (non-hydrogen) atoms. The number of benzene rings is 3. The van der Waals surface area contributed by atoms with Crippen LogP contribution in [0.1, 0.15) is 27.0 Å². The van der Waals surface area contributed by atoms with E-state index in [1.165, 1.54) is 17.0 Å². The molecule has 2 amide bonds. The van der Waals surface area contributed by atoms with Gasteiger partial charge in [0.25, 0.3) is 11.8 Å². The van der Waals surface area contributed by atoms with Crippen LogP contribution in [0.5, 0.6) is 5.75 Å². The minimum absolute atomic E-state index is 0.0271. The van der Waals surface area contributed by atoms with Gasteiger partial charge in [-0.1, -0.05) is 48.5 Å². The van der Waals surface area contributed by atoms with Gasteiger partial charge in [-0.25, -0.2) is 4.90 Å². The fourth-order valence-electron chi connectivity index (χ4n) is 3.44. The summed E-state index contributed by atoms with van der Waals surface area (Å²) in [6, 6.07) is 20.1. The van der Waals surface area contributed by atoms with E-state index in [-0.39, 0.29) is 11.7 Å². The predicted molar refractivity (Wildman–Crippen MR) is 110 cm³/mol. The Kier molecular flexibility index (Phi) is 5.14. The normalized spacial score (nSPS) is 14.9. The van der Waals surface area contributed by atoms with Gasteiger partial charge in [0.2, 0.25) is 0 Å². The molecule has 0 radical (unpaired) electrons. The van der Waals surface area contributed by atoms with Crippen molar-refractivity contribution in [2.75, 3.05) is 4.90 Å². The van der Waals surface area contributed by atoms with Crippen LogP contribution in [0.2, 0.25) is 0 Å². The van der Waals surface area contributed by atoms with E-state index in [0.29, 0.717) is 28.0 Å². The Morgan fingerprint density at radius 3 is 2.13 bits per heavy atom. The molecule has 0 N–H and O–H groups in total. The maximum atomic E-state index is 13.4. The standard InChI is InChI=1S/C24H17F2NO3/c1-15-6-2-5-9-21(15)27-22(28)19-8-4-3-7-18(19)20(23(27)29)14-16-10-12-17(13-11-16)30-24(25)26/h2-14,24H,1H3/b20-14-. The Hall–Kier alpha value is -3.80. The lowest BCUT2D eigenvalue weighted by Crippen LogP contribution is -2.42. The van der Waals surface area contributed by atoms with Crippen LogP contribution >= 0.6 is 0 Å². The first-order chi connectivity index (χ1) is 14.5. The van der Waals surface area contributed by atoms with Crippen LogP contribution in [0.15, 0.2) is 72.8 Å². The average Bonchev–Trinajstić information content (AvgIpc) is 2.73. The van der Waals surface area contributed by atoms with Crippen LogP contribution in [0, 0.1) is 6.92 Å². The first-order valence-corrected chi connectivity index (χ1v) is 9.26. The van der Waals surface area contributed by atoms with E-state index in [4.69, 9.17) is 0 Å². The largest absolute Gasteiger partial charge is 0.435 e. The number of ether oxygens (including phenoxy) is 1. The number of hydrogen-bond donors (Lipinski definition) is 0. The van der Waals surface area contributed by atoms with Crippen LogP contribution in [0.4, 0.5) is 14.5 Å². The highest BCUT2D eigenvalue weighted by Gasteiger charge is 2.36. The number of carbonyl (C=O) groups is 2. The summed E-state index contributed by atoms with van der Waals surface area (Å²) < 4.78 is 29.1. The average molecular weight is 405 g/mol. The number of rotatable bonds is 4. The zero-order chi connectivity index (χ0) is 21.3. The maximum Gasteiger partial charge on any atom is 0.387 e. The van der Waals surface area contributed by atoms with Gasteiger partial charge in [0, 0.05) is 11.1 Å². The van der Waals surface area contributed by atoms with Crippen molar-refractivity contribution in [2.24, 2.45) is 0 Å². The Morgan fingerprint density at radius 2 is 1.47 bits per heavy atom. The van der Waals surface area contributed by atoms with Crippen molar-refractivity contribution in [1.29, 1.82) is 0 Å². The summed E-state index contributed by atoms with van der Waals surface area (Å²) in [6.07, 6.45) is 1.64. The summed E-state index contributed by atoms with van der Waals surface area (Å²) >= 11 is 0. The second-order valence-electron chi connectivity index (χ2n) is 6.78. The zero-order valence-electron chi connectivity index (χ0n) is 16.0. The van der Waals surface area contributed by atoms with Crippen molar-refractivity contribution < 1.29 is 23.1 Å². The molecule has 1 heterocycles. The van der Waals surface area contributed by atoms with Gasteiger partial charge in [0.05, 0.1) is 5.69 Å². The second kappa shape index (κ2) is 7.91. The number of halogens is 2. The summed E-state index contributed by atoms with van der Waals surface area (Å²) in [4.78, 5) is 27.7. The van der Waals surface area contributed by atoms with Gasteiger partial charge in [-0.3, -0.25) is 9.59 Å². The molecule has 0 atom stereocenters. The molecule has 0 aromatic heterocycles. The third-order valence-corrected chi connectivity index (χ3v) is 4.86. The Morgan fingerprint density at radius 1 is 0.833 bits per heavy atom. The number of fused-ring (bicyclic) bond motifs is 1. The third kappa shape index (κ3) is 3.59. The number of hydrogen-bond acceptors (Lipinski definition) is 3. The number of aryl methyl sites for hydroxylation is 1. The Bertz CT molecular complexity index is 1150. The van der Waals surface area contributed by atoms with Crippen LogP contribution in [-0.4, -0.2) is 18.4 Å². The molecular weight excluding hydrogens is 388 g/mol. The van der Waals surface area contributed by atoms with Gasteiger partial charge in [-0.15, -0.1) is 0 Å². The van der Waals surface area contributed by atoms with Crippen molar-refractivity contribution in [2.45, 2.75) is 13.5 Å². The molecule has 0 unspecified atom stereocenters. The molecule has 0 aliphatic carbocycles. The van der Waals surface area contributed by atoms with Gasteiger partial charge in [-0.2, -0.15) is 8.78 Å². The number of carbonyl (C=O) groups excluding carboxylic acids is 2. The molecule has 0 bridgehead atoms. The van der Waals surface area contributed by atoms with E-state index in [0.717, 1.165) is 5.56 Å². The zero-order valence-corrected chi connectivity index (χ0v) is 16.0. The minimum atomic E-state index is -2.91. The first kappa shape index (κ1) is 19.5. The quantitative estimate of drug-likeness (QED) is 0.436. The fraction of sp³-hybridized carbons (Fsp3) is 0.0833. The minimum Gasteiger partial charge on any atom is -0.435 e. The second-order valence-corrected chi connectivity index (χ2v) is 6.78. The highest BCUT2D eigenvalue weighted by atomic mass is 19.3. The number of imide groups is 1. The molecule has 1 aliphatic rings. The molecule has 0 saturated carbocycles. The molecule has 1 aliphatic heterocycles. The Balaban J connectivity index is 1.81. The van der Waals surface area contributed by atoms with Crippen molar-refractivity contribution in [3.63, 3.8) is 0 Å². The van der Waals surface area contributed by atoms with Crippen LogP contribution in [-0.2, 0) is 4.79 Å². The van der Waals surface area contributed by atoms with E-state index in [9.17, 15) is 18.4 Å². The van der Waals surface area contributed by atoms with Crippen molar-refractivity contribution in [3.05, 3.63) is 95.1 Å². The number of para-hydroxylation sites is 1. The monoisotopic (exact) mass is 405 g/mol. The molecule has 4 nitrogen and oxygen atoms in total. The van der Waals surface area contributed by atoms with E-state index in [1.54, 1.807) is 54.6 Å². The summed E-state index contributed by atoms with van der Waals surface area (Å²) in [5.41, 5.74) is 3.24. The van der Waals surface area contributed by atoms with Crippen LogP contribution in [0.25, 0.3) is 11.6 Å². The van der Waals surface area contributed by atoms with E-state index in [2.05, 4.69) is 4.74 Å². The van der Waals surface area contributed by atoms with E-state index in [1.807, 2.05) is 19.1 Å². The number of anilines is 1. The number of nitrogens with zero attached hydrogens (tertiary/aromatic N) is 1. The smallest absolute Gasteiger partial charge is 0.387 e. The number of amides is 2. The van der Waals surface area contributed by atoms with Gasteiger partial charge < -0.3 is 4.74 Å². The molecule has 3 aromatic carbocycles. The van der Waals surface area contributed by atoms with Gasteiger partial charge in [-0.05, 0) is 54.0 Å². The van der Waals surface area contributed by atoms with Crippen molar-refractivity contribution >= 4 is 29.2 Å². The van der Waals surface area contributed by atoms with Gasteiger partial charge in [0.1, 0.15) is 5.75 Å². The molecule has 0 spiro atoms. The molecule has 150 valence electrons. The summed E-state index contributed by atoms with van der Waals surface area (Å²) in [6.45, 7) is -1.07. The first-order valence-electron chi connectivity index (χ1n) is 9.26. The molecular formula is C24H17F2NO3. The third-order valence-electron chi connectivity index (χ3n) is 4.86. The molecule has 0 fully saturated rings.